The number of carbonyl (C=O) groups is 1. The van der Waals surface area contributed by atoms with Gasteiger partial charge in [0.15, 0.2) is 0 Å². The fourth-order valence-corrected chi connectivity index (χ4v) is 2.44. The van der Waals surface area contributed by atoms with E-state index in [-0.39, 0.29) is 23.5 Å². The van der Waals surface area contributed by atoms with Crippen LogP contribution in [0.4, 0.5) is 4.39 Å². The highest BCUT2D eigenvalue weighted by atomic mass is 32.2. The predicted octanol–water partition coefficient (Wildman–Crippen LogP) is 1.81. The number of rotatable bonds is 7. The molecule has 2 unspecified atom stereocenters. The summed E-state index contributed by atoms with van der Waals surface area (Å²) in [7, 11) is 1.22. The first-order valence-electron chi connectivity index (χ1n) is 6.27. The third-order valence-electron chi connectivity index (χ3n) is 3.11. The number of benzene rings is 1. The SMILES string of the molecule is COC(=O)c1ccc(CNC(C)C(CO)SC)cc1F. The highest BCUT2D eigenvalue weighted by Gasteiger charge is 2.15. The van der Waals surface area contributed by atoms with Crippen LogP contribution in [-0.4, -0.2) is 42.3 Å². The van der Waals surface area contributed by atoms with Crippen molar-refractivity contribution < 1.29 is 19.0 Å². The van der Waals surface area contributed by atoms with Crippen molar-refractivity contribution in [3.8, 4) is 0 Å². The van der Waals surface area contributed by atoms with Gasteiger partial charge < -0.3 is 15.2 Å². The van der Waals surface area contributed by atoms with E-state index in [1.165, 1.54) is 19.2 Å². The van der Waals surface area contributed by atoms with Gasteiger partial charge in [-0.15, -0.1) is 0 Å². The standard InChI is InChI=1S/C14H20FNO3S/c1-9(13(8-17)20-3)16-7-10-4-5-11(12(15)6-10)14(18)19-2/h4-6,9,13,16-17H,7-8H2,1-3H3. The second kappa shape index (κ2) is 8.24. The fourth-order valence-electron chi connectivity index (χ4n) is 1.79. The maximum absolute atomic E-state index is 13.7. The third-order valence-corrected chi connectivity index (χ3v) is 4.27. The van der Waals surface area contributed by atoms with E-state index in [0.717, 1.165) is 5.56 Å². The van der Waals surface area contributed by atoms with E-state index >= 15 is 0 Å². The first-order valence-corrected chi connectivity index (χ1v) is 7.56. The Bertz CT molecular complexity index is 452. The number of halogens is 1. The lowest BCUT2D eigenvalue weighted by molar-refractivity contribution is 0.0595. The van der Waals surface area contributed by atoms with Gasteiger partial charge in [-0.1, -0.05) is 6.07 Å². The van der Waals surface area contributed by atoms with Crippen molar-refractivity contribution in [1.82, 2.24) is 5.32 Å². The summed E-state index contributed by atoms with van der Waals surface area (Å²) in [6.45, 7) is 2.53. The minimum absolute atomic E-state index is 0.0679. The van der Waals surface area contributed by atoms with Gasteiger partial charge in [0.05, 0.1) is 19.3 Å². The van der Waals surface area contributed by atoms with Gasteiger partial charge in [0, 0.05) is 17.8 Å². The fraction of sp³-hybridized carbons (Fsp3) is 0.500. The first-order chi connectivity index (χ1) is 9.53. The third kappa shape index (κ3) is 4.47. The zero-order chi connectivity index (χ0) is 15.1. The summed E-state index contributed by atoms with van der Waals surface area (Å²) >= 11 is 1.58. The number of aliphatic hydroxyl groups excluding tert-OH is 1. The average Bonchev–Trinajstić information content (AvgIpc) is 2.45. The maximum atomic E-state index is 13.7. The number of nitrogens with one attached hydrogen (secondary N) is 1. The molecule has 2 atom stereocenters. The molecule has 0 aliphatic heterocycles. The molecule has 0 spiro atoms. The number of aliphatic hydroxyl groups is 1. The lowest BCUT2D eigenvalue weighted by Crippen LogP contribution is -2.37. The molecule has 6 heteroatoms. The number of carbonyl (C=O) groups excluding carboxylic acids is 1. The Balaban J connectivity index is 2.66. The van der Waals surface area contributed by atoms with Gasteiger partial charge in [-0.3, -0.25) is 0 Å². The Morgan fingerprint density at radius 3 is 2.75 bits per heavy atom. The number of esters is 1. The molecular formula is C14H20FNO3S. The van der Waals surface area contributed by atoms with E-state index in [9.17, 15) is 14.3 Å². The lowest BCUT2D eigenvalue weighted by atomic mass is 10.1. The van der Waals surface area contributed by atoms with Gasteiger partial charge in [0.2, 0.25) is 0 Å². The summed E-state index contributed by atoms with van der Waals surface area (Å²) in [5.74, 6) is -1.27. The highest BCUT2D eigenvalue weighted by molar-refractivity contribution is 7.99. The Kier molecular flexibility index (Phi) is 6.98. The van der Waals surface area contributed by atoms with Crippen molar-refractivity contribution in [3.63, 3.8) is 0 Å². The van der Waals surface area contributed by atoms with Crippen LogP contribution in [0.25, 0.3) is 0 Å². The molecule has 0 aromatic heterocycles. The first kappa shape index (κ1) is 16.9. The van der Waals surface area contributed by atoms with Gasteiger partial charge in [0.1, 0.15) is 5.82 Å². The number of hydrogen-bond acceptors (Lipinski definition) is 5. The van der Waals surface area contributed by atoms with Crippen molar-refractivity contribution in [1.29, 1.82) is 0 Å². The number of methoxy groups -OCH3 is 1. The Morgan fingerprint density at radius 2 is 2.25 bits per heavy atom. The van der Waals surface area contributed by atoms with Crippen LogP contribution in [0.2, 0.25) is 0 Å². The van der Waals surface area contributed by atoms with E-state index in [0.29, 0.717) is 6.54 Å². The Morgan fingerprint density at radius 1 is 1.55 bits per heavy atom. The van der Waals surface area contributed by atoms with Gasteiger partial charge in [-0.2, -0.15) is 11.8 Å². The summed E-state index contributed by atoms with van der Waals surface area (Å²) in [4.78, 5) is 11.3. The molecular weight excluding hydrogens is 281 g/mol. The van der Waals surface area contributed by atoms with Crippen LogP contribution in [0.15, 0.2) is 18.2 Å². The van der Waals surface area contributed by atoms with Crippen LogP contribution in [0.5, 0.6) is 0 Å². The second-order valence-electron chi connectivity index (χ2n) is 4.43. The van der Waals surface area contributed by atoms with Crippen LogP contribution in [0.1, 0.15) is 22.8 Å². The smallest absolute Gasteiger partial charge is 0.340 e. The Hall–Kier alpha value is -1.11. The molecule has 0 heterocycles. The highest BCUT2D eigenvalue weighted by Crippen LogP contribution is 2.14. The summed E-state index contributed by atoms with van der Waals surface area (Å²) < 4.78 is 18.2. The Labute approximate surface area is 122 Å². The minimum atomic E-state index is -0.682. The van der Waals surface area contributed by atoms with Crippen LogP contribution < -0.4 is 5.32 Å². The molecule has 0 aliphatic rings. The minimum Gasteiger partial charge on any atom is -0.465 e. The molecule has 112 valence electrons. The van der Waals surface area contributed by atoms with E-state index in [1.54, 1.807) is 17.8 Å². The van der Waals surface area contributed by atoms with E-state index < -0.39 is 11.8 Å². The van der Waals surface area contributed by atoms with Crippen molar-refractivity contribution >= 4 is 17.7 Å². The topological polar surface area (TPSA) is 58.6 Å². The molecule has 0 aliphatic carbocycles. The molecule has 4 nitrogen and oxygen atoms in total. The van der Waals surface area contributed by atoms with Crippen LogP contribution in [0, 0.1) is 5.82 Å². The van der Waals surface area contributed by atoms with Gasteiger partial charge >= 0.3 is 5.97 Å². The van der Waals surface area contributed by atoms with E-state index in [1.807, 2.05) is 13.2 Å². The monoisotopic (exact) mass is 301 g/mol. The molecule has 0 fully saturated rings. The van der Waals surface area contributed by atoms with E-state index in [4.69, 9.17) is 0 Å². The lowest BCUT2D eigenvalue weighted by Gasteiger charge is -2.21. The van der Waals surface area contributed by atoms with E-state index in [2.05, 4.69) is 10.1 Å². The largest absolute Gasteiger partial charge is 0.465 e. The average molecular weight is 301 g/mol. The van der Waals surface area contributed by atoms with Crippen molar-refractivity contribution in [2.45, 2.75) is 24.8 Å². The predicted molar refractivity (Wildman–Crippen MR) is 78.4 cm³/mol. The number of ether oxygens (including phenoxy) is 1. The molecule has 1 aromatic rings. The molecule has 0 saturated heterocycles. The van der Waals surface area contributed by atoms with Crippen molar-refractivity contribution in [3.05, 3.63) is 35.1 Å². The maximum Gasteiger partial charge on any atom is 0.340 e. The summed E-state index contributed by atoms with van der Waals surface area (Å²) in [5.41, 5.74) is 0.668. The molecule has 0 bridgehead atoms. The second-order valence-corrected chi connectivity index (χ2v) is 5.51. The summed E-state index contributed by atoms with van der Waals surface area (Å²) in [5, 5.41) is 12.5. The van der Waals surface area contributed by atoms with Gasteiger partial charge in [0.25, 0.3) is 0 Å². The summed E-state index contributed by atoms with van der Waals surface area (Å²) in [6.07, 6.45) is 1.93. The quantitative estimate of drug-likeness (QED) is 0.752. The van der Waals surface area contributed by atoms with Crippen molar-refractivity contribution in [2.75, 3.05) is 20.0 Å². The van der Waals surface area contributed by atoms with Crippen LogP contribution >= 0.6 is 11.8 Å². The van der Waals surface area contributed by atoms with Gasteiger partial charge in [-0.25, -0.2) is 9.18 Å². The zero-order valence-corrected chi connectivity index (χ0v) is 12.7. The summed E-state index contributed by atoms with van der Waals surface area (Å²) in [6, 6.07) is 4.51. The number of hydrogen-bond donors (Lipinski definition) is 2. The molecule has 1 rings (SSSR count). The molecule has 20 heavy (non-hydrogen) atoms. The van der Waals surface area contributed by atoms with Crippen LogP contribution in [0.3, 0.4) is 0 Å². The molecule has 1 aromatic carbocycles. The molecule has 0 amide bonds. The molecule has 2 N–H and O–H groups in total. The number of thioether (sulfide) groups is 1. The zero-order valence-electron chi connectivity index (χ0n) is 11.9. The van der Waals surface area contributed by atoms with Crippen molar-refractivity contribution in [2.24, 2.45) is 0 Å². The molecule has 0 radical (unpaired) electrons. The van der Waals surface area contributed by atoms with Gasteiger partial charge in [-0.05, 0) is 30.9 Å². The van der Waals surface area contributed by atoms with Crippen LogP contribution in [-0.2, 0) is 11.3 Å². The molecule has 0 saturated carbocycles. The normalized spacial score (nSPS) is 13.8.